The van der Waals surface area contributed by atoms with Crippen LogP contribution in [-0.2, 0) is 61.5 Å². The zero-order valence-corrected chi connectivity index (χ0v) is 20.8. The van der Waals surface area contributed by atoms with Crippen LogP contribution < -0.4 is 10.6 Å². The smallest absolute Gasteiger partial charge is 0.305 e. The average Bonchev–Trinajstić information content (AvgIpc) is 2.61. The molecule has 0 unspecified atom stereocenters. The molecule has 0 spiro atoms. The van der Waals surface area contributed by atoms with Crippen molar-refractivity contribution in [1.29, 1.82) is 0 Å². The van der Waals surface area contributed by atoms with Crippen molar-refractivity contribution in [2.75, 3.05) is 7.05 Å². The Bertz CT molecular complexity index is 685. The van der Waals surface area contributed by atoms with Gasteiger partial charge in [0.25, 0.3) is 0 Å². The van der Waals surface area contributed by atoms with Gasteiger partial charge in [-0.25, -0.2) is 0 Å². The second-order valence-electron chi connectivity index (χ2n) is 7.30. The van der Waals surface area contributed by atoms with Crippen molar-refractivity contribution in [3.63, 3.8) is 0 Å². The van der Waals surface area contributed by atoms with Gasteiger partial charge in [-0.1, -0.05) is 13.8 Å². The number of hydrogen-bond acceptors (Lipinski definition) is 6. The molecule has 3 atom stereocenters. The molecule has 13 heteroatoms. The third kappa shape index (κ3) is 12.4. The van der Waals surface area contributed by atoms with Crippen LogP contribution in [0.2, 0.25) is 0 Å². The number of carboxylic acid groups (broad SMARTS) is 2. The minimum atomic E-state index is -1.48. The van der Waals surface area contributed by atoms with E-state index in [-0.39, 0.29) is 51.5 Å². The molecule has 0 bridgehead atoms. The predicted molar refractivity (Wildman–Crippen MR) is 104 cm³/mol. The molecule has 0 saturated carbocycles. The molecule has 0 aromatic carbocycles. The minimum Gasteiger partial charge on any atom is -0.666 e. The first kappa shape index (κ1) is 31.1. The van der Waals surface area contributed by atoms with Crippen molar-refractivity contribution >= 4 is 35.6 Å². The summed E-state index contributed by atoms with van der Waals surface area (Å²) in [4.78, 5) is 70.9. The second-order valence-corrected chi connectivity index (χ2v) is 7.30. The number of hydrogen-bond donors (Lipinski definition) is 4. The summed E-state index contributed by atoms with van der Waals surface area (Å²) in [6.07, 6.45) is -1.36. The number of aliphatic carboxylic acids is 2. The molecule has 0 aliphatic heterocycles. The van der Waals surface area contributed by atoms with Crippen molar-refractivity contribution in [3.8, 4) is 0 Å². The Labute approximate surface area is 205 Å². The molecule has 0 aromatic heterocycles. The summed E-state index contributed by atoms with van der Waals surface area (Å²) in [6, 6.07) is -3.78. The first-order valence-corrected chi connectivity index (χ1v) is 9.31. The quantitative estimate of drug-likeness (QED) is 0.257. The number of carboxylic acids is 2. The van der Waals surface area contributed by atoms with Gasteiger partial charge in [0.15, 0.2) is 0 Å². The summed E-state index contributed by atoms with van der Waals surface area (Å²) in [6.45, 7) is 4.87. The molecule has 12 nitrogen and oxygen atoms in total. The van der Waals surface area contributed by atoms with Crippen molar-refractivity contribution in [3.05, 3.63) is 5.73 Å². The molecule has 5 N–H and O–H groups in total. The Morgan fingerprint density at radius 2 is 1.48 bits per heavy atom. The molecule has 0 heterocycles. The zero-order chi connectivity index (χ0) is 23.6. The average molecular weight is 518 g/mol. The summed E-state index contributed by atoms with van der Waals surface area (Å²) >= 11 is 0. The molecule has 0 aromatic rings. The van der Waals surface area contributed by atoms with Crippen LogP contribution in [0.1, 0.15) is 46.5 Å². The van der Waals surface area contributed by atoms with Gasteiger partial charge in [-0.2, -0.15) is 0 Å². The maximum Gasteiger partial charge on any atom is 0.305 e. The first-order valence-electron chi connectivity index (χ1n) is 9.31. The number of likely N-dealkylation sites (N-methyl/N-ethyl adjacent to an activating group) is 1. The SMILES string of the molecule is CC(C)C[C@H](NC(=O)[C@H](CC(=O)O)N(C)C(=O)[C@H](C)NC(=O)CCC(=O)O)C([NH-])=O.[Y]. The monoisotopic (exact) mass is 518 g/mol. The molecular formula is C18H29N4O8Y-. The van der Waals surface area contributed by atoms with E-state index in [0.29, 0.717) is 0 Å². The number of amides is 4. The fourth-order valence-corrected chi connectivity index (χ4v) is 2.60. The minimum absolute atomic E-state index is 0. The Morgan fingerprint density at radius 1 is 0.935 bits per heavy atom. The zero-order valence-electron chi connectivity index (χ0n) is 18.0. The maximum absolute atomic E-state index is 12.6. The molecule has 0 aliphatic rings. The molecular weight excluding hydrogens is 489 g/mol. The van der Waals surface area contributed by atoms with Gasteiger partial charge in [0.2, 0.25) is 17.7 Å². The number of nitrogens with one attached hydrogen (secondary N) is 3. The fraction of sp³-hybridized carbons (Fsp3) is 0.667. The third-order valence-electron chi connectivity index (χ3n) is 4.14. The number of rotatable bonds is 13. The van der Waals surface area contributed by atoms with Gasteiger partial charge in [0.05, 0.1) is 24.8 Å². The van der Waals surface area contributed by atoms with Gasteiger partial charge in [-0.05, 0) is 19.3 Å². The molecule has 4 amide bonds. The van der Waals surface area contributed by atoms with Crippen molar-refractivity contribution in [1.82, 2.24) is 15.5 Å². The summed E-state index contributed by atoms with van der Waals surface area (Å²) < 4.78 is 0. The Kier molecular flexibility index (Phi) is 14.9. The summed E-state index contributed by atoms with van der Waals surface area (Å²) in [5.41, 5.74) is 7.27. The van der Waals surface area contributed by atoms with Gasteiger partial charge in [0, 0.05) is 46.2 Å². The van der Waals surface area contributed by atoms with E-state index < -0.39 is 66.5 Å². The van der Waals surface area contributed by atoms with Crippen LogP contribution in [0.5, 0.6) is 0 Å². The van der Waals surface area contributed by atoms with E-state index in [2.05, 4.69) is 10.6 Å². The molecule has 0 rings (SSSR count). The van der Waals surface area contributed by atoms with Crippen LogP contribution in [0.3, 0.4) is 0 Å². The van der Waals surface area contributed by atoms with Crippen LogP contribution in [-0.4, -0.2) is 75.9 Å². The topological polar surface area (TPSA) is 194 Å². The van der Waals surface area contributed by atoms with Crippen LogP contribution >= 0.6 is 0 Å². The van der Waals surface area contributed by atoms with Crippen LogP contribution in [0, 0.1) is 5.92 Å². The third-order valence-corrected chi connectivity index (χ3v) is 4.14. The van der Waals surface area contributed by atoms with E-state index in [0.717, 1.165) is 4.90 Å². The van der Waals surface area contributed by atoms with Crippen LogP contribution in [0.4, 0.5) is 0 Å². The Balaban J connectivity index is 0. The Hall–Kier alpha value is -2.08. The van der Waals surface area contributed by atoms with Gasteiger partial charge in [-0.3, -0.25) is 24.0 Å². The summed E-state index contributed by atoms with van der Waals surface area (Å²) in [7, 11) is 1.18. The van der Waals surface area contributed by atoms with Gasteiger partial charge >= 0.3 is 11.9 Å². The predicted octanol–water partition coefficient (Wildman–Crippen LogP) is -0.235. The number of carbonyl (C=O) groups excluding carboxylic acids is 4. The van der Waals surface area contributed by atoms with E-state index in [1.165, 1.54) is 14.0 Å². The van der Waals surface area contributed by atoms with E-state index in [4.69, 9.17) is 15.9 Å². The largest absolute Gasteiger partial charge is 0.666 e. The maximum atomic E-state index is 12.6. The molecule has 31 heavy (non-hydrogen) atoms. The molecule has 0 aliphatic carbocycles. The van der Waals surface area contributed by atoms with E-state index in [1.807, 2.05) is 0 Å². The van der Waals surface area contributed by atoms with Crippen LogP contribution in [0.15, 0.2) is 0 Å². The van der Waals surface area contributed by atoms with E-state index >= 15 is 0 Å². The first-order chi connectivity index (χ1) is 13.8. The van der Waals surface area contributed by atoms with Crippen molar-refractivity contribution < 1.29 is 71.7 Å². The normalized spacial score (nSPS) is 13.2. The molecule has 173 valence electrons. The summed E-state index contributed by atoms with van der Waals surface area (Å²) in [5, 5.41) is 22.3. The number of nitrogens with zero attached hydrogens (tertiary/aromatic N) is 1. The molecule has 0 fully saturated rings. The van der Waals surface area contributed by atoms with Gasteiger partial charge < -0.3 is 36.3 Å². The fourth-order valence-electron chi connectivity index (χ4n) is 2.60. The van der Waals surface area contributed by atoms with Gasteiger partial charge in [0.1, 0.15) is 12.1 Å². The number of carbonyl (C=O) groups is 6. The van der Waals surface area contributed by atoms with Gasteiger partial charge in [-0.15, -0.1) is 0 Å². The second kappa shape index (κ2) is 14.8. The standard InChI is InChI=1S/C18H30N4O8.Y/c1-9(2)7-11(16(19)28)21-17(29)12(8-15(26)27)22(4)18(30)10(3)20-13(23)5-6-14(24)25;/h9-12H,5-8H2,1-4H3,(H6,19,20,21,23,24,25,26,27,28,29);/p-1/t10-,11-,12-;/m0./s1. The van der Waals surface area contributed by atoms with E-state index in [1.54, 1.807) is 13.8 Å². The Morgan fingerprint density at radius 3 is 1.90 bits per heavy atom. The van der Waals surface area contributed by atoms with E-state index in [9.17, 15) is 28.8 Å². The van der Waals surface area contributed by atoms with Crippen molar-refractivity contribution in [2.24, 2.45) is 5.92 Å². The van der Waals surface area contributed by atoms with Crippen LogP contribution in [0.25, 0.3) is 5.73 Å². The summed E-state index contributed by atoms with van der Waals surface area (Å²) in [5.74, 6) is -6.00. The molecule has 0 saturated heterocycles. The molecule has 1 radical (unpaired) electrons. The van der Waals surface area contributed by atoms with Crippen molar-refractivity contribution in [2.45, 2.75) is 64.6 Å².